The fraction of sp³-hybridized carbons (Fsp3) is 0.467. The molecule has 1 aromatic rings. The lowest BCUT2D eigenvalue weighted by Gasteiger charge is -2.32. The number of carboxylic acid groups (broad SMARTS) is 1. The molecule has 0 spiro atoms. The van der Waals surface area contributed by atoms with Gasteiger partial charge in [-0.05, 0) is 12.1 Å². The number of nitrogens with one attached hydrogen (secondary N) is 2. The maximum Gasteiger partial charge on any atom is 0.321 e. The van der Waals surface area contributed by atoms with Crippen LogP contribution in [-0.4, -0.2) is 61.2 Å². The van der Waals surface area contributed by atoms with Crippen LogP contribution in [0.15, 0.2) is 24.3 Å². The second-order valence-corrected chi connectivity index (χ2v) is 5.12. The molecule has 0 unspecified atom stereocenters. The lowest BCUT2D eigenvalue weighted by molar-refractivity contribution is -0.145. The molecule has 1 heterocycles. The standard InChI is InChI=1S/C15H21N3O4/c1-22-12-4-2-3-11(9-12)17-14(19)10-13(15(20)21)18-7-5-16-6-8-18/h2-4,9,13,16H,5-8,10H2,1H3,(H,17,19)(H,20,21)/t13-/m0/s1. The molecule has 0 saturated carbocycles. The summed E-state index contributed by atoms with van der Waals surface area (Å²) >= 11 is 0. The highest BCUT2D eigenvalue weighted by molar-refractivity contribution is 5.94. The van der Waals surface area contributed by atoms with E-state index in [2.05, 4.69) is 10.6 Å². The quantitative estimate of drug-likeness (QED) is 0.704. The molecule has 0 aliphatic carbocycles. The fourth-order valence-corrected chi connectivity index (χ4v) is 2.45. The van der Waals surface area contributed by atoms with Crippen molar-refractivity contribution < 1.29 is 19.4 Å². The van der Waals surface area contributed by atoms with E-state index < -0.39 is 12.0 Å². The van der Waals surface area contributed by atoms with Crippen molar-refractivity contribution in [3.63, 3.8) is 0 Å². The van der Waals surface area contributed by atoms with Crippen LogP contribution in [0.1, 0.15) is 6.42 Å². The van der Waals surface area contributed by atoms with Crippen molar-refractivity contribution in [1.82, 2.24) is 10.2 Å². The second-order valence-electron chi connectivity index (χ2n) is 5.12. The van der Waals surface area contributed by atoms with E-state index in [0.717, 1.165) is 13.1 Å². The summed E-state index contributed by atoms with van der Waals surface area (Å²) in [5.41, 5.74) is 0.591. The number of carbonyl (C=O) groups excluding carboxylic acids is 1. The summed E-state index contributed by atoms with van der Waals surface area (Å²) in [6, 6.07) is 6.17. The third kappa shape index (κ3) is 4.44. The Kier molecular flexibility index (Phi) is 5.74. The monoisotopic (exact) mass is 307 g/mol. The second kappa shape index (κ2) is 7.77. The van der Waals surface area contributed by atoms with Crippen molar-refractivity contribution in [1.29, 1.82) is 0 Å². The molecule has 0 bridgehead atoms. The van der Waals surface area contributed by atoms with E-state index in [1.165, 1.54) is 0 Å². The van der Waals surface area contributed by atoms with Gasteiger partial charge in [0.15, 0.2) is 0 Å². The summed E-state index contributed by atoms with van der Waals surface area (Å²) in [7, 11) is 1.55. The van der Waals surface area contributed by atoms with Gasteiger partial charge in [-0.25, -0.2) is 0 Å². The Morgan fingerprint density at radius 3 is 2.77 bits per heavy atom. The van der Waals surface area contributed by atoms with Gasteiger partial charge in [0.2, 0.25) is 5.91 Å². The van der Waals surface area contributed by atoms with Crippen LogP contribution >= 0.6 is 0 Å². The molecule has 0 aromatic heterocycles. The van der Waals surface area contributed by atoms with Crippen molar-refractivity contribution in [2.24, 2.45) is 0 Å². The molecule has 1 fully saturated rings. The summed E-state index contributed by atoms with van der Waals surface area (Å²) in [5, 5.41) is 15.2. The number of carbonyl (C=O) groups is 2. The Labute approximate surface area is 129 Å². The maximum absolute atomic E-state index is 12.1. The average molecular weight is 307 g/mol. The van der Waals surface area contributed by atoms with Crippen LogP contribution in [0.5, 0.6) is 5.75 Å². The topological polar surface area (TPSA) is 90.9 Å². The van der Waals surface area contributed by atoms with E-state index >= 15 is 0 Å². The van der Waals surface area contributed by atoms with E-state index in [-0.39, 0.29) is 12.3 Å². The van der Waals surface area contributed by atoms with Crippen molar-refractivity contribution in [2.75, 3.05) is 38.6 Å². The van der Waals surface area contributed by atoms with Gasteiger partial charge in [-0.15, -0.1) is 0 Å². The predicted molar refractivity (Wildman–Crippen MR) is 82.1 cm³/mol. The van der Waals surface area contributed by atoms with Crippen LogP contribution in [0.4, 0.5) is 5.69 Å². The Bertz CT molecular complexity index is 529. The van der Waals surface area contributed by atoms with Gasteiger partial charge < -0.3 is 20.5 Å². The number of hydrogen-bond donors (Lipinski definition) is 3. The highest BCUT2D eigenvalue weighted by Gasteiger charge is 2.29. The summed E-state index contributed by atoms with van der Waals surface area (Å²) in [6.45, 7) is 2.73. The third-order valence-electron chi connectivity index (χ3n) is 3.61. The highest BCUT2D eigenvalue weighted by Crippen LogP contribution is 2.17. The number of amides is 1. The first-order valence-corrected chi connectivity index (χ1v) is 7.21. The van der Waals surface area contributed by atoms with Gasteiger partial charge >= 0.3 is 5.97 Å². The number of ether oxygens (including phenoxy) is 1. The van der Waals surface area contributed by atoms with Crippen molar-refractivity contribution in [3.8, 4) is 5.75 Å². The zero-order valence-corrected chi connectivity index (χ0v) is 12.5. The smallest absolute Gasteiger partial charge is 0.321 e. The molecule has 1 amide bonds. The Hall–Kier alpha value is -2.12. The molecule has 0 radical (unpaired) electrons. The minimum absolute atomic E-state index is 0.0768. The minimum Gasteiger partial charge on any atom is -0.497 e. The van der Waals surface area contributed by atoms with Crippen LogP contribution < -0.4 is 15.4 Å². The zero-order chi connectivity index (χ0) is 15.9. The van der Waals surface area contributed by atoms with Crippen LogP contribution in [0.25, 0.3) is 0 Å². The molecule has 1 aromatic carbocycles. The Balaban J connectivity index is 1.96. The number of piperazine rings is 1. The Morgan fingerprint density at radius 1 is 1.41 bits per heavy atom. The SMILES string of the molecule is COc1cccc(NC(=O)C[C@@H](C(=O)O)N2CCNCC2)c1. The van der Waals surface area contributed by atoms with Gasteiger partial charge in [0.05, 0.1) is 13.5 Å². The Morgan fingerprint density at radius 2 is 2.14 bits per heavy atom. The lowest BCUT2D eigenvalue weighted by Crippen LogP contribution is -2.52. The van der Waals surface area contributed by atoms with Gasteiger partial charge in [-0.2, -0.15) is 0 Å². The molecular weight excluding hydrogens is 286 g/mol. The van der Waals surface area contributed by atoms with Gasteiger partial charge in [0.1, 0.15) is 11.8 Å². The number of methoxy groups -OCH3 is 1. The van der Waals surface area contributed by atoms with Gasteiger partial charge in [0, 0.05) is 37.9 Å². The molecule has 1 aliphatic heterocycles. The van der Waals surface area contributed by atoms with Crippen molar-refractivity contribution >= 4 is 17.6 Å². The summed E-state index contributed by atoms with van der Waals surface area (Å²) < 4.78 is 5.09. The van der Waals surface area contributed by atoms with E-state index in [0.29, 0.717) is 24.5 Å². The van der Waals surface area contributed by atoms with E-state index in [1.54, 1.807) is 31.4 Å². The normalized spacial score (nSPS) is 16.8. The molecular formula is C15H21N3O4. The predicted octanol–water partition coefficient (Wildman–Crippen LogP) is 0.382. The number of aliphatic carboxylic acids is 1. The number of rotatable bonds is 6. The third-order valence-corrected chi connectivity index (χ3v) is 3.61. The number of hydrogen-bond acceptors (Lipinski definition) is 5. The minimum atomic E-state index is -0.970. The first-order chi connectivity index (χ1) is 10.6. The first-order valence-electron chi connectivity index (χ1n) is 7.21. The lowest BCUT2D eigenvalue weighted by atomic mass is 10.1. The average Bonchev–Trinajstić information content (AvgIpc) is 2.53. The molecule has 1 atom stereocenters. The van der Waals surface area contributed by atoms with Crippen molar-refractivity contribution in [3.05, 3.63) is 24.3 Å². The highest BCUT2D eigenvalue weighted by atomic mass is 16.5. The molecule has 120 valence electrons. The number of nitrogens with zero attached hydrogens (tertiary/aromatic N) is 1. The molecule has 2 rings (SSSR count). The molecule has 1 saturated heterocycles. The molecule has 3 N–H and O–H groups in total. The van der Waals surface area contributed by atoms with Gasteiger partial charge in [-0.3, -0.25) is 14.5 Å². The van der Waals surface area contributed by atoms with Crippen molar-refractivity contribution in [2.45, 2.75) is 12.5 Å². The maximum atomic E-state index is 12.1. The van der Waals surface area contributed by atoms with Crippen LogP contribution in [0, 0.1) is 0 Å². The van der Waals surface area contributed by atoms with E-state index in [9.17, 15) is 14.7 Å². The van der Waals surface area contributed by atoms with E-state index in [4.69, 9.17) is 4.74 Å². The summed E-state index contributed by atoms with van der Waals surface area (Å²) in [5.74, 6) is -0.656. The zero-order valence-electron chi connectivity index (χ0n) is 12.5. The molecule has 7 heteroatoms. The summed E-state index contributed by atoms with van der Waals surface area (Å²) in [4.78, 5) is 25.4. The van der Waals surface area contributed by atoms with Crippen LogP contribution in [0.2, 0.25) is 0 Å². The number of anilines is 1. The summed E-state index contributed by atoms with van der Waals surface area (Å²) in [6.07, 6.45) is -0.0768. The van der Waals surface area contributed by atoms with Gasteiger partial charge in [0.25, 0.3) is 0 Å². The van der Waals surface area contributed by atoms with E-state index in [1.807, 2.05) is 4.90 Å². The number of carboxylic acids is 1. The molecule has 7 nitrogen and oxygen atoms in total. The van der Waals surface area contributed by atoms with Gasteiger partial charge in [-0.1, -0.05) is 6.07 Å². The fourth-order valence-electron chi connectivity index (χ4n) is 2.45. The first kappa shape index (κ1) is 16.3. The number of benzene rings is 1. The largest absolute Gasteiger partial charge is 0.497 e. The molecule has 22 heavy (non-hydrogen) atoms. The van der Waals surface area contributed by atoms with Crippen LogP contribution in [-0.2, 0) is 9.59 Å². The molecule has 1 aliphatic rings. The van der Waals surface area contributed by atoms with Crippen LogP contribution in [0.3, 0.4) is 0 Å².